The molecular weight excluding hydrogens is 1520 g/mol. The minimum absolute atomic E-state index is 0.0101. The highest BCUT2D eigenvalue weighted by molar-refractivity contribution is 7.89. The number of fused-ring (bicyclic) bond motifs is 1. The number of amides is 2. The van der Waals surface area contributed by atoms with Gasteiger partial charge in [-0.3, -0.25) is 57.6 Å². The number of hydrogen-bond acceptors (Lipinski definition) is 24. The predicted octanol–water partition coefficient (Wildman–Crippen LogP) is 4.03. The highest BCUT2D eigenvalue weighted by Gasteiger charge is 2.39. The summed E-state index contributed by atoms with van der Waals surface area (Å²) in [7, 11) is -13.3. The average molecular weight is 1610 g/mol. The van der Waals surface area contributed by atoms with Gasteiger partial charge in [-0.2, -0.15) is 44.6 Å². The van der Waals surface area contributed by atoms with Crippen molar-refractivity contribution >= 4 is 94.6 Å². The Balaban J connectivity index is 0.00000163. The lowest BCUT2D eigenvalue weighted by Gasteiger charge is -2.34. The van der Waals surface area contributed by atoms with Crippen LogP contribution >= 0.6 is 0 Å². The van der Waals surface area contributed by atoms with Crippen molar-refractivity contribution in [3.8, 4) is 11.1 Å². The fourth-order valence-electron chi connectivity index (χ4n) is 10.0. The van der Waals surface area contributed by atoms with Crippen molar-refractivity contribution in [2.75, 3.05) is 109 Å². The quantitative estimate of drug-likeness (QED) is 0.0102. The number of alkyl halides is 6. The summed E-state index contributed by atoms with van der Waals surface area (Å²) < 4.78 is 175. The van der Waals surface area contributed by atoms with Crippen LogP contribution in [0.15, 0.2) is 95.1 Å². The highest BCUT2D eigenvalue weighted by atomic mass is 32.2. The lowest BCUT2D eigenvalue weighted by molar-refractivity contribution is -0.193. The van der Waals surface area contributed by atoms with Crippen LogP contribution in [0.2, 0.25) is 0 Å². The lowest BCUT2D eigenvalue weighted by Crippen LogP contribution is -2.51. The van der Waals surface area contributed by atoms with Crippen LogP contribution in [0.3, 0.4) is 0 Å². The van der Waals surface area contributed by atoms with E-state index in [0.717, 1.165) is 11.9 Å². The van der Waals surface area contributed by atoms with E-state index in [9.17, 15) is 90.0 Å². The SMILES string of the molecule is CC(C)(C)OC(=O)CN1CCN(CC(=O)N[C@H](CCCNS(=O)(=O)c2ccc(-c3ccc(S(=O)(=O)N[C@@H](CNC(=O)c4ccc5c(cnn5CCCNc5ncc[nH]5)c4)C(=O)O)cc3)cc2)CS(=O)(=O)O)CCN(CC(=O)OC(C)(C)C)CCN(CC(=O)OC(C)(C)C)CC1.O=C(O)C(F)(F)F.O=C(O)C(F)(F)F. The summed E-state index contributed by atoms with van der Waals surface area (Å²) in [5.74, 6) is -9.97. The Bertz CT molecular complexity index is 4140. The van der Waals surface area contributed by atoms with Gasteiger partial charge in [0.15, 0.2) is 5.95 Å². The lowest BCUT2D eigenvalue weighted by atomic mass is 10.1. The minimum Gasteiger partial charge on any atom is -0.480 e. The first kappa shape index (κ1) is 92.4. The van der Waals surface area contributed by atoms with E-state index in [1.54, 1.807) is 109 Å². The third-order valence-electron chi connectivity index (χ3n) is 14.9. The Labute approximate surface area is 625 Å². The van der Waals surface area contributed by atoms with Gasteiger partial charge in [0.25, 0.3) is 16.0 Å². The zero-order chi connectivity index (χ0) is 82.1. The maximum atomic E-state index is 13.9. The molecule has 109 heavy (non-hydrogen) atoms. The molecule has 0 radical (unpaired) electrons. The number of anilines is 1. The monoisotopic (exact) mass is 1610 g/mol. The first-order valence-corrected chi connectivity index (χ1v) is 38.2. The van der Waals surface area contributed by atoms with Crippen LogP contribution in [0.4, 0.5) is 32.3 Å². The standard InChI is InChI=1S/C62H91N13O17S3.2C2HF3O2/c1-60(2,3)90-54(77)40-72-30-28-71(29-31-73(41-55(78)91-61(4,5)6)33-35-74(34-32-72)42-56(79)92-62(7,8)9)39-53(76)69-48(43-93(83,84)85)12-10-24-68-94(86,87)49-18-13-44(14-19-49)45-15-20-50(21-16-45)95(88,89)70-51(58(81)82)38-66-57(80)46-17-22-52-47(36-46)37-67-75(52)27-11-23-63-59-64-25-26-65-59;2*3-2(4,5)1(6)7/h13-22,25-26,36-37,48,51,68,70H,10-12,23-24,27-35,38-43H2,1-9H3,(H,66,80)(H,69,76)(H,81,82)(H2,63,64,65)(H,83,84,85);2*(H,6,7)/t48-,51+;;/m1../s1. The summed E-state index contributed by atoms with van der Waals surface area (Å²) in [6.07, 6.45) is -4.55. The number of aromatic nitrogens is 4. The number of nitrogens with zero attached hydrogens (tertiary/aromatic N) is 7. The number of H-pyrrole nitrogens is 1. The molecule has 0 spiro atoms. The zero-order valence-corrected chi connectivity index (χ0v) is 63.7. The number of carbonyl (C=O) groups excluding carboxylic acids is 5. The second-order valence-corrected chi connectivity index (χ2v) is 32.6. The molecule has 2 amide bonds. The molecule has 0 saturated carbocycles. The molecule has 2 atom stereocenters. The molecule has 34 nitrogen and oxygen atoms in total. The Morgan fingerprint density at radius 1 is 0.587 bits per heavy atom. The summed E-state index contributed by atoms with van der Waals surface area (Å²) in [6.45, 7) is 17.7. The number of halogens is 6. The van der Waals surface area contributed by atoms with Gasteiger partial charge in [0.2, 0.25) is 26.0 Å². The van der Waals surface area contributed by atoms with Crippen LogP contribution in [0.25, 0.3) is 22.0 Å². The molecule has 43 heteroatoms. The van der Waals surface area contributed by atoms with Gasteiger partial charge >= 0.3 is 48.2 Å². The van der Waals surface area contributed by atoms with Gasteiger partial charge in [-0.15, -0.1) is 0 Å². The first-order valence-electron chi connectivity index (χ1n) is 33.6. The largest absolute Gasteiger partial charge is 0.490 e. The molecule has 3 aromatic carbocycles. The second kappa shape index (κ2) is 40.7. The maximum absolute atomic E-state index is 13.9. The van der Waals surface area contributed by atoms with Crippen molar-refractivity contribution in [1.82, 2.24) is 59.4 Å². The molecule has 608 valence electrons. The van der Waals surface area contributed by atoms with E-state index in [1.807, 2.05) is 14.7 Å². The number of carboxylic acid groups (broad SMARTS) is 3. The van der Waals surface area contributed by atoms with Crippen molar-refractivity contribution in [1.29, 1.82) is 0 Å². The number of hydrogen-bond donors (Lipinski definition) is 10. The van der Waals surface area contributed by atoms with E-state index < -0.39 is 131 Å². The number of nitrogens with one attached hydrogen (secondary N) is 6. The number of aryl methyl sites for hydroxylation is 1. The van der Waals surface area contributed by atoms with Gasteiger partial charge < -0.3 is 50.5 Å². The smallest absolute Gasteiger partial charge is 0.480 e. The molecule has 3 heterocycles. The molecule has 0 aliphatic carbocycles. The van der Waals surface area contributed by atoms with Crippen LogP contribution in [-0.4, -0.2) is 277 Å². The Hall–Kier alpha value is -8.95. The van der Waals surface area contributed by atoms with Crippen molar-refractivity contribution in [3.63, 3.8) is 0 Å². The van der Waals surface area contributed by atoms with Gasteiger partial charge in [0, 0.05) is 108 Å². The fourth-order valence-corrected chi connectivity index (χ4v) is 13.1. The van der Waals surface area contributed by atoms with Gasteiger partial charge in [0.05, 0.1) is 53.4 Å². The number of aliphatic carboxylic acids is 3. The summed E-state index contributed by atoms with van der Waals surface area (Å²) in [4.78, 5) is 111. The molecule has 1 saturated heterocycles. The van der Waals surface area contributed by atoms with Gasteiger partial charge in [-0.25, -0.2) is 36.1 Å². The fraction of sp³-hybridized carbons (Fsp3) is 0.545. The molecule has 1 aliphatic heterocycles. The topological polar surface area (TPSA) is 467 Å². The van der Waals surface area contributed by atoms with E-state index in [4.69, 9.17) is 34.0 Å². The highest BCUT2D eigenvalue weighted by Crippen LogP contribution is 2.25. The zero-order valence-electron chi connectivity index (χ0n) is 61.2. The first-order chi connectivity index (χ1) is 50.3. The van der Waals surface area contributed by atoms with Crippen LogP contribution < -0.4 is 25.4 Å². The maximum Gasteiger partial charge on any atom is 0.490 e. The number of ether oxygens (including phenoxy) is 3. The number of aromatic amines is 1. The van der Waals surface area contributed by atoms with E-state index in [-0.39, 0.29) is 87.1 Å². The van der Waals surface area contributed by atoms with Crippen molar-refractivity contribution < 1.29 is 124 Å². The van der Waals surface area contributed by atoms with Gasteiger partial charge in [-0.1, -0.05) is 24.3 Å². The summed E-state index contributed by atoms with van der Waals surface area (Å²) in [5.41, 5.74) is -0.336. The van der Waals surface area contributed by atoms with E-state index in [0.29, 0.717) is 61.7 Å². The van der Waals surface area contributed by atoms with Crippen LogP contribution in [0.5, 0.6) is 0 Å². The minimum atomic E-state index is -5.08. The Morgan fingerprint density at radius 3 is 1.41 bits per heavy atom. The molecule has 5 aromatic rings. The average Bonchev–Trinajstić information content (AvgIpc) is 1.80. The third-order valence-corrected chi connectivity index (χ3v) is 18.7. The predicted molar refractivity (Wildman–Crippen MR) is 381 cm³/mol. The normalized spacial score (nSPS) is 15.0. The summed E-state index contributed by atoms with van der Waals surface area (Å²) in [6, 6.07) is 12.9. The molecule has 2 aromatic heterocycles. The molecule has 10 N–H and O–H groups in total. The number of imidazole rings is 1. The molecule has 1 fully saturated rings. The number of rotatable bonds is 30. The molecule has 1 aliphatic rings. The number of carboxylic acids is 3. The van der Waals surface area contributed by atoms with Crippen molar-refractivity contribution in [3.05, 3.63) is 90.9 Å². The van der Waals surface area contributed by atoms with Crippen molar-refractivity contribution in [2.24, 2.45) is 0 Å². The number of esters is 3. The van der Waals surface area contributed by atoms with E-state index >= 15 is 0 Å². The van der Waals surface area contributed by atoms with Crippen LogP contribution in [0, 0.1) is 0 Å². The van der Waals surface area contributed by atoms with E-state index in [2.05, 4.69) is 40.5 Å². The van der Waals surface area contributed by atoms with Crippen LogP contribution in [-0.2, 0) is 84.5 Å². The molecule has 6 rings (SSSR count). The third kappa shape index (κ3) is 36.0. The molecule has 0 unspecified atom stereocenters. The number of sulfonamides is 2. The van der Waals surface area contributed by atoms with Gasteiger partial charge in [-0.05, 0) is 135 Å². The van der Waals surface area contributed by atoms with Crippen LogP contribution in [0.1, 0.15) is 91.9 Å². The Morgan fingerprint density at radius 2 is 1.02 bits per heavy atom. The molecular formula is C66H93F6N13O21S3. The summed E-state index contributed by atoms with van der Waals surface area (Å²) >= 11 is 0. The van der Waals surface area contributed by atoms with Crippen molar-refractivity contribution in [2.45, 2.75) is 139 Å². The number of benzene rings is 3. The van der Waals surface area contributed by atoms with Gasteiger partial charge in [0.1, 0.15) is 22.8 Å². The number of carbonyl (C=O) groups is 8. The second-order valence-electron chi connectivity index (χ2n) is 27.7. The summed E-state index contributed by atoms with van der Waals surface area (Å²) in [5, 5.41) is 37.6. The Kier molecular flexibility index (Phi) is 34.5. The van der Waals surface area contributed by atoms with E-state index in [1.165, 1.54) is 48.5 Å². The molecule has 0 bridgehead atoms.